The van der Waals surface area contributed by atoms with Crippen LogP contribution in [0.4, 0.5) is 0 Å². The summed E-state index contributed by atoms with van der Waals surface area (Å²) in [6.45, 7) is 4.90. The second-order valence-corrected chi connectivity index (χ2v) is 7.49. The second kappa shape index (κ2) is 8.08. The molecular weight excluding hydrogens is 330 g/mol. The van der Waals surface area contributed by atoms with Crippen molar-refractivity contribution in [3.63, 3.8) is 0 Å². The quantitative estimate of drug-likeness (QED) is 0.398. The van der Waals surface area contributed by atoms with Crippen LogP contribution in [-0.2, 0) is 24.2 Å². The molecule has 3 aromatic carbocycles. The first-order valence-corrected chi connectivity index (χ1v) is 9.91. The van der Waals surface area contributed by atoms with Gasteiger partial charge in [0, 0.05) is 17.5 Å². The molecule has 0 saturated carbocycles. The first-order chi connectivity index (χ1) is 13.3. The van der Waals surface area contributed by atoms with Crippen molar-refractivity contribution in [2.45, 2.75) is 38.7 Å². The fourth-order valence-corrected chi connectivity index (χ4v) is 4.35. The fourth-order valence-electron chi connectivity index (χ4n) is 4.35. The van der Waals surface area contributed by atoms with Crippen molar-refractivity contribution in [3.8, 4) is 0 Å². The van der Waals surface area contributed by atoms with Crippen LogP contribution in [0.15, 0.2) is 91.0 Å². The van der Waals surface area contributed by atoms with Crippen molar-refractivity contribution in [2.75, 3.05) is 6.61 Å². The molecule has 0 bridgehead atoms. The number of rotatable bonds is 8. The van der Waals surface area contributed by atoms with Crippen LogP contribution >= 0.6 is 0 Å². The van der Waals surface area contributed by atoms with Gasteiger partial charge in [0.25, 0.3) is 0 Å². The van der Waals surface area contributed by atoms with Gasteiger partial charge in [0.05, 0.1) is 6.61 Å². The van der Waals surface area contributed by atoms with Crippen molar-refractivity contribution in [3.05, 3.63) is 108 Å². The Morgan fingerprint density at radius 1 is 0.667 bits per heavy atom. The maximum absolute atomic E-state index is 6.27. The van der Waals surface area contributed by atoms with Crippen molar-refractivity contribution in [2.24, 2.45) is 0 Å². The summed E-state index contributed by atoms with van der Waals surface area (Å²) < 4.78 is 7.25. The van der Waals surface area contributed by atoms with Crippen LogP contribution in [0.3, 0.4) is 0 Å². The molecule has 2 nitrogen and oxygen atoms in total. The first-order valence-electron chi connectivity index (χ1n) is 9.91. The Bertz CT molecular complexity index is 790. The molecule has 0 aromatic heterocycles. The van der Waals surface area contributed by atoms with E-state index in [-0.39, 0.29) is 6.23 Å². The van der Waals surface area contributed by atoms with E-state index in [0.717, 1.165) is 30.6 Å². The van der Waals surface area contributed by atoms with Gasteiger partial charge >= 0.3 is 0 Å². The Morgan fingerprint density at radius 2 is 1.11 bits per heavy atom. The van der Waals surface area contributed by atoms with E-state index in [2.05, 4.69) is 97.9 Å². The molecule has 27 heavy (non-hydrogen) atoms. The van der Waals surface area contributed by atoms with Crippen LogP contribution in [0.1, 0.15) is 23.6 Å². The number of hydrogen-bond acceptors (Lipinski definition) is 1. The van der Waals surface area contributed by atoms with E-state index >= 15 is 0 Å². The lowest BCUT2D eigenvalue weighted by Gasteiger charge is -2.22. The molecule has 0 radical (unpaired) electrons. The van der Waals surface area contributed by atoms with Gasteiger partial charge in [-0.05, 0) is 12.5 Å². The van der Waals surface area contributed by atoms with Gasteiger partial charge in [-0.25, -0.2) is 0 Å². The Balaban J connectivity index is 1.64. The highest BCUT2D eigenvalue weighted by Gasteiger charge is 2.66. The predicted octanol–water partition coefficient (Wildman–Crippen LogP) is 5.19. The molecule has 138 valence electrons. The minimum Gasteiger partial charge on any atom is -0.325 e. The van der Waals surface area contributed by atoms with Crippen LogP contribution in [-0.4, -0.2) is 23.4 Å². The molecule has 0 N–H and O–H groups in total. The summed E-state index contributed by atoms with van der Waals surface area (Å²) in [4.78, 5) is 0. The molecule has 4 rings (SSSR count). The number of benzene rings is 3. The Morgan fingerprint density at radius 3 is 1.56 bits per heavy atom. The highest BCUT2D eigenvalue weighted by Crippen LogP contribution is 2.46. The summed E-state index contributed by atoms with van der Waals surface area (Å²) in [7, 11) is 0. The zero-order valence-corrected chi connectivity index (χ0v) is 16.0. The van der Waals surface area contributed by atoms with E-state index < -0.39 is 0 Å². The highest BCUT2D eigenvalue weighted by atomic mass is 16.5. The third-order valence-corrected chi connectivity index (χ3v) is 5.67. The highest BCUT2D eigenvalue weighted by molar-refractivity contribution is 5.20. The standard InChI is InChI=1S/C25H28NO/c1-2-27-25-24(18-21-12-6-3-7-13-21)26(25,19-22-14-8-4-9-15-22)20-23-16-10-5-11-17-23/h3-17,24-25H,2,18-20H2,1H3/q+1/t24-,25?/m0/s1. The molecule has 0 amide bonds. The summed E-state index contributed by atoms with van der Waals surface area (Å²) in [5, 5.41) is 0. The molecule has 1 aliphatic rings. The van der Waals surface area contributed by atoms with E-state index in [9.17, 15) is 0 Å². The molecule has 1 unspecified atom stereocenters. The molecule has 0 spiro atoms. The Kier molecular flexibility index (Phi) is 5.38. The molecule has 0 aliphatic carbocycles. The van der Waals surface area contributed by atoms with Crippen molar-refractivity contribution in [1.82, 2.24) is 0 Å². The molecule has 1 heterocycles. The van der Waals surface area contributed by atoms with Gasteiger partial charge in [0.15, 0.2) is 6.04 Å². The summed E-state index contributed by atoms with van der Waals surface area (Å²) in [5.41, 5.74) is 4.16. The first kappa shape index (κ1) is 18.0. The van der Waals surface area contributed by atoms with Gasteiger partial charge in [0.1, 0.15) is 13.1 Å². The predicted molar refractivity (Wildman–Crippen MR) is 110 cm³/mol. The van der Waals surface area contributed by atoms with E-state index in [1.807, 2.05) is 0 Å². The molecule has 2 heteroatoms. The molecule has 3 aromatic rings. The normalized spacial score (nSPS) is 20.3. The SMILES string of the molecule is CCOC1[C@H](Cc2ccccc2)[N+]1(Cc1ccccc1)Cc1ccccc1. The fraction of sp³-hybridized carbons (Fsp3) is 0.280. The third kappa shape index (κ3) is 3.97. The second-order valence-electron chi connectivity index (χ2n) is 7.49. The maximum Gasteiger partial charge on any atom is 0.248 e. The topological polar surface area (TPSA) is 9.23 Å². The number of nitrogens with zero attached hydrogens (tertiary/aromatic N) is 1. The summed E-state index contributed by atoms with van der Waals surface area (Å²) >= 11 is 0. The van der Waals surface area contributed by atoms with E-state index in [1.54, 1.807) is 0 Å². The lowest BCUT2D eigenvalue weighted by atomic mass is 10.1. The minimum absolute atomic E-state index is 0.260. The smallest absolute Gasteiger partial charge is 0.248 e. The lowest BCUT2D eigenvalue weighted by Crippen LogP contribution is -2.31. The average molecular weight is 359 g/mol. The molecular formula is C25H28NO+. The van der Waals surface area contributed by atoms with Crippen molar-refractivity contribution < 1.29 is 9.22 Å². The molecule has 2 atom stereocenters. The summed E-state index contributed by atoms with van der Waals surface area (Å²) in [6.07, 6.45) is 1.32. The van der Waals surface area contributed by atoms with Gasteiger partial charge < -0.3 is 4.74 Å². The van der Waals surface area contributed by atoms with Crippen LogP contribution < -0.4 is 0 Å². The number of ether oxygens (including phenoxy) is 1. The number of quaternary nitrogens is 1. The lowest BCUT2D eigenvalue weighted by molar-refractivity contribution is -0.867. The monoisotopic (exact) mass is 358 g/mol. The van der Waals surface area contributed by atoms with Gasteiger partial charge in [-0.15, -0.1) is 0 Å². The van der Waals surface area contributed by atoms with E-state index in [4.69, 9.17) is 4.74 Å². The maximum atomic E-state index is 6.27. The average Bonchev–Trinajstić information content (AvgIpc) is 3.27. The zero-order chi connectivity index (χ0) is 18.5. The van der Waals surface area contributed by atoms with Gasteiger partial charge in [-0.2, -0.15) is 0 Å². The Hall–Kier alpha value is -2.42. The van der Waals surface area contributed by atoms with Crippen LogP contribution in [0.2, 0.25) is 0 Å². The van der Waals surface area contributed by atoms with E-state index in [0.29, 0.717) is 6.04 Å². The number of hydrogen-bond donors (Lipinski definition) is 0. The molecule has 1 saturated heterocycles. The van der Waals surface area contributed by atoms with Gasteiger partial charge in [-0.1, -0.05) is 91.0 Å². The van der Waals surface area contributed by atoms with Crippen molar-refractivity contribution >= 4 is 0 Å². The molecule has 1 aliphatic heterocycles. The van der Waals surface area contributed by atoms with E-state index in [1.165, 1.54) is 16.7 Å². The summed E-state index contributed by atoms with van der Waals surface area (Å²) in [5.74, 6) is 0. The van der Waals surface area contributed by atoms with Gasteiger partial charge in [0.2, 0.25) is 6.23 Å². The van der Waals surface area contributed by atoms with Crippen molar-refractivity contribution in [1.29, 1.82) is 0 Å². The zero-order valence-electron chi connectivity index (χ0n) is 16.0. The minimum atomic E-state index is 0.260. The molecule has 1 fully saturated rings. The van der Waals surface area contributed by atoms with Crippen LogP contribution in [0, 0.1) is 0 Å². The summed E-state index contributed by atoms with van der Waals surface area (Å²) in [6, 6.07) is 33.0. The Labute approximate surface area is 162 Å². The third-order valence-electron chi connectivity index (χ3n) is 5.67. The van der Waals surface area contributed by atoms with Gasteiger partial charge in [-0.3, -0.25) is 4.48 Å². The van der Waals surface area contributed by atoms with Crippen LogP contribution in [0.5, 0.6) is 0 Å². The largest absolute Gasteiger partial charge is 0.325 e. The van der Waals surface area contributed by atoms with Crippen LogP contribution in [0.25, 0.3) is 0 Å².